The third-order valence-electron chi connectivity index (χ3n) is 2.67. The summed E-state index contributed by atoms with van der Waals surface area (Å²) in [6, 6.07) is -0.406. The molecule has 2 atom stereocenters. The summed E-state index contributed by atoms with van der Waals surface area (Å²) in [7, 11) is 0. The summed E-state index contributed by atoms with van der Waals surface area (Å²) >= 11 is 0. The zero-order valence-electron chi connectivity index (χ0n) is 12.7. The molecule has 4 heteroatoms. The van der Waals surface area contributed by atoms with E-state index in [1.54, 1.807) is 4.90 Å². The van der Waals surface area contributed by atoms with E-state index in [0.717, 1.165) is 6.42 Å². The second-order valence-corrected chi connectivity index (χ2v) is 5.33. The van der Waals surface area contributed by atoms with Crippen molar-refractivity contribution in [1.29, 1.82) is 0 Å². The van der Waals surface area contributed by atoms with E-state index in [1.807, 2.05) is 34.6 Å². The lowest BCUT2D eigenvalue weighted by atomic mass is 10.1. The highest BCUT2D eigenvalue weighted by atomic mass is 16.5. The molecule has 0 spiro atoms. The third-order valence-corrected chi connectivity index (χ3v) is 2.67. The molecule has 1 heterocycles. The Labute approximate surface area is 111 Å². The van der Waals surface area contributed by atoms with Gasteiger partial charge in [-0.2, -0.15) is 0 Å². The largest absolute Gasteiger partial charge is 0.370 e. The summed E-state index contributed by atoms with van der Waals surface area (Å²) in [6.45, 7) is 13.5. The Morgan fingerprint density at radius 2 is 1.67 bits per heavy atom. The van der Waals surface area contributed by atoms with Crippen LogP contribution in [0.3, 0.4) is 0 Å². The number of amides is 1. The van der Waals surface area contributed by atoms with Crippen LogP contribution >= 0.6 is 0 Å². The molecular formula is C14H27NO3. The van der Waals surface area contributed by atoms with Crippen molar-refractivity contribution >= 4 is 11.7 Å². The average Bonchev–Trinajstić information content (AvgIpc) is 2.62. The SMILES string of the molecule is CC.CC(=O)C1C(OC(C)(C)C)CCN1C(C)=O. The molecule has 0 radical (unpaired) electrons. The number of ether oxygens (including phenoxy) is 1. The maximum Gasteiger partial charge on any atom is 0.220 e. The number of ketones is 1. The van der Waals surface area contributed by atoms with Crippen molar-refractivity contribution in [2.45, 2.75) is 72.6 Å². The molecule has 0 aromatic carbocycles. The number of likely N-dealkylation sites (tertiary alicyclic amines) is 1. The van der Waals surface area contributed by atoms with Crippen LogP contribution in [0.5, 0.6) is 0 Å². The van der Waals surface area contributed by atoms with Gasteiger partial charge in [-0.25, -0.2) is 0 Å². The quantitative estimate of drug-likeness (QED) is 0.763. The van der Waals surface area contributed by atoms with Crippen LogP contribution in [0.2, 0.25) is 0 Å². The first-order valence-electron chi connectivity index (χ1n) is 6.68. The molecular weight excluding hydrogens is 230 g/mol. The second-order valence-electron chi connectivity index (χ2n) is 5.33. The molecule has 0 bridgehead atoms. The Hall–Kier alpha value is -0.900. The van der Waals surface area contributed by atoms with Crippen molar-refractivity contribution < 1.29 is 14.3 Å². The van der Waals surface area contributed by atoms with Gasteiger partial charge in [0, 0.05) is 13.5 Å². The van der Waals surface area contributed by atoms with Crippen LogP contribution in [-0.2, 0) is 14.3 Å². The van der Waals surface area contributed by atoms with Gasteiger partial charge in [0.1, 0.15) is 6.04 Å². The maximum atomic E-state index is 11.6. The molecule has 2 unspecified atom stereocenters. The predicted octanol–water partition coefficient (Wildman–Crippen LogP) is 2.41. The Bertz CT molecular complexity index is 294. The van der Waals surface area contributed by atoms with Gasteiger partial charge in [0.15, 0.2) is 5.78 Å². The Morgan fingerprint density at radius 3 is 2.00 bits per heavy atom. The van der Waals surface area contributed by atoms with Crippen LogP contribution in [0.4, 0.5) is 0 Å². The minimum Gasteiger partial charge on any atom is -0.370 e. The third kappa shape index (κ3) is 4.77. The van der Waals surface area contributed by atoms with E-state index in [9.17, 15) is 9.59 Å². The second kappa shape index (κ2) is 6.88. The molecule has 18 heavy (non-hydrogen) atoms. The van der Waals surface area contributed by atoms with Gasteiger partial charge in [-0.15, -0.1) is 0 Å². The van der Waals surface area contributed by atoms with Crippen LogP contribution in [0.1, 0.15) is 54.9 Å². The van der Waals surface area contributed by atoms with Crippen molar-refractivity contribution in [1.82, 2.24) is 4.90 Å². The topological polar surface area (TPSA) is 46.6 Å². The van der Waals surface area contributed by atoms with Crippen LogP contribution < -0.4 is 0 Å². The molecule has 4 nitrogen and oxygen atoms in total. The van der Waals surface area contributed by atoms with E-state index in [4.69, 9.17) is 4.74 Å². The number of hydrogen-bond acceptors (Lipinski definition) is 3. The molecule has 106 valence electrons. The number of Topliss-reactive ketones (excluding diaryl/α,β-unsaturated/α-hetero) is 1. The fourth-order valence-corrected chi connectivity index (χ4v) is 2.18. The summed E-state index contributed by atoms with van der Waals surface area (Å²) < 4.78 is 5.84. The minimum atomic E-state index is -0.406. The van der Waals surface area contributed by atoms with Crippen LogP contribution in [-0.4, -0.2) is 40.9 Å². The van der Waals surface area contributed by atoms with Gasteiger partial charge in [-0.3, -0.25) is 9.59 Å². The van der Waals surface area contributed by atoms with Crippen LogP contribution in [0.15, 0.2) is 0 Å². The number of hydrogen-bond donors (Lipinski definition) is 0. The molecule has 0 saturated carbocycles. The standard InChI is InChI=1S/C12H21NO3.C2H6/c1-8(14)11-10(16-12(3,4)5)6-7-13(11)9(2)15;1-2/h10-11H,6-7H2,1-5H3;1-2H3. The Kier molecular flexibility index (Phi) is 6.54. The molecule has 1 aliphatic heterocycles. The fraction of sp³-hybridized carbons (Fsp3) is 0.857. The van der Waals surface area contributed by atoms with E-state index in [-0.39, 0.29) is 23.4 Å². The van der Waals surface area contributed by atoms with Gasteiger partial charge in [-0.1, -0.05) is 13.8 Å². The van der Waals surface area contributed by atoms with E-state index >= 15 is 0 Å². The summed E-state index contributed by atoms with van der Waals surface area (Å²) in [5.41, 5.74) is -0.287. The summed E-state index contributed by atoms with van der Waals surface area (Å²) in [5.74, 6) is -0.0536. The van der Waals surface area contributed by atoms with Gasteiger partial charge in [-0.05, 0) is 34.1 Å². The molecule has 1 rings (SSSR count). The highest BCUT2D eigenvalue weighted by Gasteiger charge is 2.41. The zero-order valence-corrected chi connectivity index (χ0v) is 12.7. The normalized spacial score (nSPS) is 23.4. The van der Waals surface area contributed by atoms with E-state index in [0.29, 0.717) is 6.54 Å². The zero-order chi connectivity index (χ0) is 14.5. The smallest absolute Gasteiger partial charge is 0.220 e. The number of nitrogens with zero attached hydrogens (tertiary/aromatic N) is 1. The van der Waals surface area contributed by atoms with E-state index in [2.05, 4.69) is 0 Å². The van der Waals surface area contributed by atoms with Crippen molar-refractivity contribution in [2.24, 2.45) is 0 Å². The predicted molar refractivity (Wildman–Crippen MR) is 72.4 cm³/mol. The summed E-state index contributed by atoms with van der Waals surface area (Å²) in [5, 5.41) is 0. The highest BCUT2D eigenvalue weighted by Crippen LogP contribution is 2.26. The minimum absolute atomic E-state index is 0.00181. The van der Waals surface area contributed by atoms with Crippen molar-refractivity contribution in [3.8, 4) is 0 Å². The number of carbonyl (C=O) groups excluding carboxylic acids is 2. The van der Waals surface area contributed by atoms with Gasteiger partial charge in [0.25, 0.3) is 0 Å². The first kappa shape index (κ1) is 17.1. The van der Waals surface area contributed by atoms with Crippen LogP contribution in [0, 0.1) is 0 Å². The molecule has 0 aromatic rings. The van der Waals surface area contributed by atoms with Crippen LogP contribution in [0.25, 0.3) is 0 Å². The lowest BCUT2D eigenvalue weighted by molar-refractivity contribution is -0.141. The molecule has 1 aliphatic rings. The van der Waals surface area contributed by atoms with Gasteiger partial charge < -0.3 is 9.64 Å². The molecule has 1 saturated heterocycles. The molecule has 0 N–H and O–H groups in total. The lowest BCUT2D eigenvalue weighted by Crippen LogP contribution is -2.45. The number of rotatable bonds is 2. The maximum absolute atomic E-state index is 11.6. The molecule has 1 amide bonds. The molecule has 1 fully saturated rings. The molecule has 0 aromatic heterocycles. The van der Waals surface area contributed by atoms with Crippen molar-refractivity contribution in [3.63, 3.8) is 0 Å². The van der Waals surface area contributed by atoms with E-state index in [1.165, 1.54) is 13.8 Å². The van der Waals surface area contributed by atoms with Gasteiger partial charge in [0.2, 0.25) is 5.91 Å². The van der Waals surface area contributed by atoms with Gasteiger partial charge >= 0.3 is 0 Å². The Balaban J connectivity index is 0.00000137. The monoisotopic (exact) mass is 257 g/mol. The summed E-state index contributed by atoms with van der Waals surface area (Å²) in [6.07, 6.45) is 0.572. The number of carbonyl (C=O) groups is 2. The Morgan fingerprint density at radius 1 is 1.17 bits per heavy atom. The highest BCUT2D eigenvalue weighted by molar-refractivity contribution is 5.88. The average molecular weight is 257 g/mol. The van der Waals surface area contributed by atoms with E-state index < -0.39 is 6.04 Å². The first-order chi connectivity index (χ1) is 8.22. The van der Waals surface area contributed by atoms with Gasteiger partial charge in [0.05, 0.1) is 11.7 Å². The molecule has 0 aliphatic carbocycles. The van der Waals surface area contributed by atoms with Crippen molar-refractivity contribution in [2.75, 3.05) is 6.54 Å². The first-order valence-corrected chi connectivity index (χ1v) is 6.68. The summed E-state index contributed by atoms with van der Waals surface area (Å²) in [4.78, 5) is 24.6. The fourth-order valence-electron chi connectivity index (χ4n) is 2.18. The van der Waals surface area contributed by atoms with Crippen molar-refractivity contribution in [3.05, 3.63) is 0 Å². The lowest BCUT2D eigenvalue weighted by Gasteiger charge is -2.30.